The van der Waals surface area contributed by atoms with E-state index in [0.717, 1.165) is 17.1 Å². The summed E-state index contributed by atoms with van der Waals surface area (Å²) in [6.45, 7) is 4.51. The maximum Gasteiger partial charge on any atom is 0.360 e. The van der Waals surface area contributed by atoms with Crippen LogP contribution >= 0.6 is 0 Å². The van der Waals surface area contributed by atoms with Crippen LogP contribution in [-0.4, -0.2) is 62.8 Å². The lowest BCUT2D eigenvalue weighted by Gasteiger charge is -2.11. The monoisotopic (exact) mass is 408 g/mol. The highest BCUT2D eigenvalue weighted by atomic mass is 16.5. The minimum atomic E-state index is -0.513. The van der Waals surface area contributed by atoms with Crippen LogP contribution in [0.1, 0.15) is 41.4 Å². The van der Waals surface area contributed by atoms with Crippen molar-refractivity contribution in [3.8, 4) is 17.1 Å². The van der Waals surface area contributed by atoms with Crippen molar-refractivity contribution < 1.29 is 19.0 Å². The van der Waals surface area contributed by atoms with Gasteiger partial charge in [0.25, 0.3) is 0 Å². The van der Waals surface area contributed by atoms with Crippen molar-refractivity contribution in [3.05, 3.63) is 47.3 Å². The Bertz CT molecular complexity index is 1180. The zero-order valence-electron chi connectivity index (χ0n) is 16.8. The second kappa shape index (κ2) is 6.97. The number of imidazole rings is 1. The van der Waals surface area contributed by atoms with Gasteiger partial charge in [0.2, 0.25) is 5.90 Å². The van der Waals surface area contributed by atoms with Crippen LogP contribution in [0, 0.1) is 0 Å². The molecule has 30 heavy (non-hydrogen) atoms. The van der Waals surface area contributed by atoms with Crippen molar-refractivity contribution in [1.82, 2.24) is 24.5 Å². The van der Waals surface area contributed by atoms with Gasteiger partial charge in [-0.1, -0.05) is 5.21 Å². The standard InChI is InChI=1S/C20H20N6O4/c1-4-29-20(27)18-16-8-15-17(19-22-11(2)9-30-19)21-10-25(15)13-6-5-12(28-3)7-14(13)26(16)24-23-18/h5-7,10-11H,4,8-9H2,1-3H3/t11-/m0/s1. The summed E-state index contributed by atoms with van der Waals surface area (Å²) in [5, 5.41) is 8.37. The van der Waals surface area contributed by atoms with E-state index in [1.54, 1.807) is 25.0 Å². The van der Waals surface area contributed by atoms with Gasteiger partial charge in [0, 0.05) is 12.5 Å². The summed E-state index contributed by atoms with van der Waals surface area (Å²) in [5.41, 5.74) is 3.81. The molecular formula is C20H20N6O4. The largest absolute Gasteiger partial charge is 0.497 e. The Balaban J connectivity index is 1.74. The predicted octanol–water partition coefficient (Wildman–Crippen LogP) is 1.71. The number of aromatic nitrogens is 5. The molecule has 5 rings (SSSR count). The Morgan fingerprint density at radius 2 is 2.17 bits per heavy atom. The first-order valence-electron chi connectivity index (χ1n) is 9.68. The molecule has 154 valence electrons. The van der Waals surface area contributed by atoms with E-state index in [9.17, 15) is 4.79 Å². The van der Waals surface area contributed by atoms with E-state index in [-0.39, 0.29) is 18.3 Å². The maximum atomic E-state index is 12.5. The molecule has 0 radical (unpaired) electrons. The van der Waals surface area contributed by atoms with Crippen LogP contribution < -0.4 is 4.74 Å². The molecule has 0 amide bonds. The average molecular weight is 408 g/mol. The molecule has 0 unspecified atom stereocenters. The highest BCUT2D eigenvalue weighted by Crippen LogP contribution is 2.33. The topological polar surface area (TPSA) is 106 Å². The number of nitrogens with zero attached hydrogens (tertiary/aromatic N) is 6. The molecule has 0 spiro atoms. The molecule has 0 saturated carbocycles. The van der Waals surface area contributed by atoms with Gasteiger partial charge in [0.1, 0.15) is 24.4 Å². The van der Waals surface area contributed by atoms with Crippen molar-refractivity contribution in [1.29, 1.82) is 0 Å². The minimum Gasteiger partial charge on any atom is -0.497 e. The van der Waals surface area contributed by atoms with Gasteiger partial charge < -0.3 is 14.2 Å². The number of benzene rings is 1. The second-order valence-corrected chi connectivity index (χ2v) is 7.05. The molecule has 10 heteroatoms. The first kappa shape index (κ1) is 18.3. The Kier molecular flexibility index (Phi) is 4.27. The van der Waals surface area contributed by atoms with E-state index < -0.39 is 5.97 Å². The molecule has 2 aliphatic rings. The van der Waals surface area contributed by atoms with Crippen LogP contribution in [0.5, 0.6) is 5.75 Å². The summed E-state index contributed by atoms with van der Waals surface area (Å²) >= 11 is 0. The van der Waals surface area contributed by atoms with Gasteiger partial charge >= 0.3 is 5.97 Å². The van der Waals surface area contributed by atoms with Crippen LogP contribution in [0.2, 0.25) is 0 Å². The van der Waals surface area contributed by atoms with Gasteiger partial charge in [0.05, 0.1) is 42.5 Å². The van der Waals surface area contributed by atoms with Crippen LogP contribution in [0.25, 0.3) is 11.4 Å². The van der Waals surface area contributed by atoms with Gasteiger partial charge in [-0.3, -0.25) is 4.57 Å². The molecule has 10 nitrogen and oxygen atoms in total. The van der Waals surface area contributed by atoms with Gasteiger partial charge in [-0.25, -0.2) is 19.5 Å². The third kappa shape index (κ3) is 2.75. The summed E-state index contributed by atoms with van der Waals surface area (Å²) < 4.78 is 20.0. The third-order valence-corrected chi connectivity index (χ3v) is 5.11. The van der Waals surface area contributed by atoms with Gasteiger partial charge in [-0.05, 0) is 26.0 Å². The van der Waals surface area contributed by atoms with Crippen molar-refractivity contribution in [2.75, 3.05) is 20.3 Å². The van der Waals surface area contributed by atoms with Gasteiger partial charge in [0.15, 0.2) is 5.69 Å². The molecule has 0 fully saturated rings. The Hall–Kier alpha value is -3.69. The smallest absolute Gasteiger partial charge is 0.360 e. The van der Waals surface area contributed by atoms with Crippen molar-refractivity contribution in [2.45, 2.75) is 26.3 Å². The van der Waals surface area contributed by atoms with E-state index in [4.69, 9.17) is 14.2 Å². The lowest BCUT2D eigenvalue weighted by atomic mass is 10.1. The SMILES string of the molecule is CCOC(=O)c1nnn2c1Cc1c(C3=N[C@@H](C)CO3)ncn1-c1ccc(OC)cc1-2. The minimum absolute atomic E-state index is 0.0713. The summed E-state index contributed by atoms with van der Waals surface area (Å²) in [6, 6.07) is 5.71. The van der Waals surface area contributed by atoms with E-state index in [2.05, 4.69) is 20.3 Å². The summed E-state index contributed by atoms with van der Waals surface area (Å²) in [7, 11) is 1.60. The zero-order chi connectivity index (χ0) is 20.8. The van der Waals surface area contributed by atoms with Crippen LogP contribution in [0.3, 0.4) is 0 Å². The fraction of sp³-hybridized carbons (Fsp3) is 0.350. The van der Waals surface area contributed by atoms with Crippen molar-refractivity contribution >= 4 is 11.9 Å². The highest BCUT2D eigenvalue weighted by Gasteiger charge is 2.32. The van der Waals surface area contributed by atoms with E-state index in [1.165, 1.54) is 0 Å². The van der Waals surface area contributed by atoms with Gasteiger partial charge in [-0.2, -0.15) is 0 Å². The molecule has 2 aliphatic heterocycles. The number of carbonyl (C=O) groups excluding carboxylic acids is 1. The Morgan fingerprint density at radius 1 is 1.30 bits per heavy atom. The number of hydrogen-bond acceptors (Lipinski definition) is 8. The number of carbonyl (C=O) groups is 1. The molecule has 3 aromatic rings. The summed E-state index contributed by atoms with van der Waals surface area (Å²) in [5.74, 6) is 0.653. The predicted molar refractivity (Wildman–Crippen MR) is 106 cm³/mol. The third-order valence-electron chi connectivity index (χ3n) is 5.11. The number of esters is 1. The second-order valence-electron chi connectivity index (χ2n) is 7.05. The fourth-order valence-corrected chi connectivity index (χ4v) is 3.71. The molecule has 0 bridgehead atoms. The van der Waals surface area contributed by atoms with Crippen LogP contribution in [0.4, 0.5) is 0 Å². The molecule has 0 aliphatic carbocycles. The molecule has 0 N–H and O–H groups in total. The quantitative estimate of drug-likeness (QED) is 0.473. The van der Waals surface area contributed by atoms with Crippen molar-refractivity contribution in [3.63, 3.8) is 0 Å². The first-order valence-corrected chi connectivity index (χ1v) is 9.68. The van der Waals surface area contributed by atoms with E-state index >= 15 is 0 Å². The lowest BCUT2D eigenvalue weighted by Crippen LogP contribution is -2.12. The molecule has 0 saturated heterocycles. The maximum absolute atomic E-state index is 12.5. The number of methoxy groups -OCH3 is 1. The fourth-order valence-electron chi connectivity index (χ4n) is 3.71. The Labute approximate surface area is 172 Å². The molecule has 4 heterocycles. The number of rotatable bonds is 4. The van der Waals surface area contributed by atoms with Crippen molar-refractivity contribution in [2.24, 2.45) is 4.99 Å². The Morgan fingerprint density at radius 3 is 2.90 bits per heavy atom. The number of aliphatic imine (C=N–C) groups is 1. The number of hydrogen-bond donors (Lipinski definition) is 0. The normalized spacial score (nSPS) is 16.6. The van der Waals surface area contributed by atoms with E-state index in [1.807, 2.05) is 29.7 Å². The van der Waals surface area contributed by atoms with Crippen LogP contribution in [0.15, 0.2) is 29.5 Å². The molecule has 1 aromatic carbocycles. The molecular weight excluding hydrogens is 388 g/mol. The summed E-state index contributed by atoms with van der Waals surface area (Å²) in [4.78, 5) is 21.7. The molecule has 1 atom stereocenters. The number of fused-ring (bicyclic) bond motifs is 5. The highest BCUT2D eigenvalue weighted by molar-refractivity contribution is 5.95. The zero-order valence-corrected chi connectivity index (χ0v) is 16.8. The first-order chi connectivity index (χ1) is 14.6. The van der Waals surface area contributed by atoms with E-state index in [0.29, 0.717) is 36.1 Å². The molecule has 2 aromatic heterocycles. The summed E-state index contributed by atoms with van der Waals surface area (Å²) in [6.07, 6.45) is 2.08. The van der Waals surface area contributed by atoms with Gasteiger partial charge in [-0.15, -0.1) is 5.10 Å². The lowest BCUT2D eigenvalue weighted by molar-refractivity contribution is 0.0518. The average Bonchev–Trinajstić information content (AvgIpc) is 3.45. The van der Waals surface area contributed by atoms with Crippen LogP contribution in [-0.2, 0) is 15.9 Å². The number of ether oxygens (including phenoxy) is 3.